The molecule has 0 aliphatic carbocycles. The number of carbonyl (C=O) groups is 1. The average Bonchev–Trinajstić information content (AvgIpc) is 3.20. The highest BCUT2D eigenvalue weighted by Crippen LogP contribution is 2.24. The number of methoxy groups -OCH3 is 1. The van der Waals surface area contributed by atoms with Crippen LogP contribution in [0, 0.1) is 13.8 Å². The zero-order chi connectivity index (χ0) is 19.8. The Labute approximate surface area is 161 Å². The van der Waals surface area contributed by atoms with E-state index in [4.69, 9.17) is 9.15 Å². The van der Waals surface area contributed by atoms with E-state index in [2.05, 4.69) is 4.98 Å². The summed E-state index contributed by atoms with van der Waals surface area (Å²) in [6.07, 6.45) is 1.41. The Morgan fingerprint density at radius 2 is 2.04 bits per heavy atom. The predicted molar refractivity (Wildman–Crippen MR) is 106 cm³/mol. The normalized spacial score (nSPS) is 11.5. The Morgan fingerprint density at radius 3 is 2.82 bits per heavy atom. The standard InChI is InChI=1S/C21H21N3O4/c1-13-10-16(14(2)24(13)8-9-27-3)17(25)11-23-12-22-19-15-6-4-5-7-18(15)28-20(19)21(23)26/h4-7,10,12H,8-9,11H2,1-3H3. The summed E-state index contributed by atoms with van der Waals surface area (Å²) in [7, 11) is 1.65. The van der Waals surface area contributed by atoms with Crippen molar-refractivity contribution in [2.75, 3.05) is 13.7 Å². The van der Waals surface area contributed by atoms with E-state index in [1.54, 1.807) is 13.2 Å². The van der Waals surface area contributed by atoms with Crippen LogP contribution in [0.3, 0.4) is 0 Å². The molecule has 3 heterocycles. The molecule has 7 nitrogen and oxygen atoms in total. The van der Waals surface area contributed by atoms with Gasteiger partial charge in [-0.1, -0.05) is 12.1 Å². The SMILES string of the molecule is COCCn1c(C)cc(C(=O)Cn2cnc3c(oc4ccccc43)c2=O)c1C. The van der Waals surface area contributed by atoms with Gasteiger partial charge in [0, 0.05) is 36.0 Å². The summed E-state index contributed by atoms with van der Waals surface area (Å²) in [6, 6.07) is 9.21. The summed E-state index contributed by atoms with van der Waals surface area (Å²) in [4.78, 5) is 30.0. The first-order chi connectivity index (χ1) is 13.5. The van der Waals surface area contributed by atoms with Gasteiger partial charge < -0.3 is 13.7 Å². The van der Waals surface area contributed by atoms with Crippen LogP contribution < -0.4 is 5.56 Å². The Balaban J connectivity index is 1.68. The molecule has 4 rings (SSSR count). The molecular weight excluding hydrogens is 358 g/mol. The number of para-hydroxylation sites is 1. The number of aryl methyl sites for hydroxylation is 1. The highest BCUT2D eigenvalue weighted by atomic mass is 16.5. The van der Waals surface area contributed by atoms with E-state index in [9.17, 15) is 9.59 Å². The molecule has 0 fully saturated rings. The molecular formula is C21H21N3O4. The van der Waals surface area contributed by atoms with Crippen LogP contribution in [-0.2, 0) is 17.8 Å². The van der Waals surface area contributed by atoms with E-state index in [0.717, 1.165) is 16.8 Å². The second-order valence-corrected chi connectivity index (χ2v) is 6.81. The van der Waals surface area contributed by atoms with E-state index < -0.39 is 0 Å². The van der Waals surface area contributed by atoms with Gasteiger partial charge in [0.05, 0.1) is 19.5 Å². The Bertz CT molecular complexity index is 1250. The fourth-order valence-electron chi connectivity index (χ4n) is 3.58. The topological polar surface area (TPSA) is 79.3 Å². The number of nitrogens with zero attached hydrogens (tertiary/aromatic N) is 3. The smallest absolute Gasteiger partial charge is 0.297 e. The number of hydrogen-bond acceptors (Lipinski definition) is 5. The molecule has 0 radical (unpaired) electrons. The first kappa shape index (κ1) is 18.2. The Hall–Kier alpha value is -3.19. The van der Waals surface area contributed by atoms with Gasteiger partial charge in [0.25, 0.3) is 5.56 Å². The van der Waals surface area contributed by atoms with Crippen molar-refractivity contribution < 1.29 is 13.9 Å². The predicted octanol–water partition coefficient (Wildman–Crippen LogP) is 3.09. The maximum Gasteiger partial charge on any atom is 0.297 e. The number of ketones is 1. The molecule has 28 heavy (non-hydrogen) atoms. The van der Waals surface area contributed by atoms with Crippen molar-refractivity contribution in [1.29, 1.82) is 0 Å². The van der Waals surface area contributed by atoms with E-state index in [-0.39, 0.29) is 23.5 Å². The largest absolute Gasteiger partial charge is 0.448 e. The molecule has 0 amide bonds. The number of rotatable bonds is 6. The van der Waals surface area contributed by atoms with Crippen molar-refractivity contribution in [3.8, 4) is 0 Å². The summed E-state index contributed by atoms with van der Waals surface area (Å²) in [5.41, 5.74) is 3.38. The van der Waals surface area contributed by atoms with Crippen LogP contribution in [0.4, 0.5) is 0 Å². The minimum atomic E-state index is -0.359. The number of fused-ring (bicyclic) bond motifs is 3. The molecule has 7 heteroatoms. The molecule has 0 saturated heterocycles. The van der Waals surface area contributed by atoms with Crippen LogP contribution in [0.25, 0.3) is 22.1 Å². The van der Waals surface area contributed by atoms with Crippen LogP contribution in [0.1, 0.15) is 21.7 Å². The van der Waals surface area contributed by atoms with Gasteiger partial charge in [-0.25, -0.2) is 4.98 Å². The molecule has 0 aliphatic rings. The third-order valence-electron chi connectivity index (χ3n) is 5.06. The van der Waals surface area contributed by atoms with Crippen LogP contribution >= 0.6 is 0 Å². The van der Waals surface area contributed by atoms with Gasteiger partial charge >= 0.3 is 0 Å². The highest BCUT2D eigenvalue weighted by Gasteiger charge is 2.18. The number of ether oxygens (including phenoxy) is 1. The Kier molecular flexibility index (Phi) is 4.60. The molecule has 144 valence electrons. The summed E-state index contributed by atoms with van der Waals surface area (Å²) in [5, 5.41) is 0.787. The summed E-state index contributed by atoms with van der Waals surface area (Å²) in [5.74, 6) is -0.142. The lowest BCUT2D eigenvalue weighted by Crippen LogP contribution is -2.24. The zero-order valence-corrected chi connectivity index (χ0v) is 16.1. The quantitative estimate of drug-likeness (QED) is 0.481. The minimum absolute atomic E-state index is 0.0899. The van der Waals surface area contributed by atoms with E-state index >= 15 is 0 Å². The van der Waals surface area contributed by atoms with Gasteiger partial charge in [-0.15, -0.1) is 0 Å². The van der Waals surface area contributed by atoms with Gasteiger partial charge in [0.2, 0.25) is 5.58 Å². The van der Waals surface area contributed by atoms with Crippen molar-refractivity contribution in [1.82, 2.24) is 14.1 Å². The molecule has 0 atom stereocenters. The lowest BCUT2D eigenvalue weighted by atomic mass is 10.1. The first-order valence-electron chi connectivity index (χ1n) is 9.06. The molecule has 0 bridgehead atoms. The third-order valence-corrected chi connectivity index (χ3v) is 5.06. The lowest BCUT2D eigenvalue weighted by Gasteiger charge is -2.09. The van der Waals surface area contributed by atoms with Crippen molar-refractivity contribution in [2.24, 2.45) is 0 Å². The molecule has 0 saturated carbocycles. The van der Waals surface area contributed by atoms with Gasteiger partial charge in [0.1, 0.15) is 11.1 Å². The number of aromatic nitrogens is 3. The third kappa shape index (κ3) is 2.93. The maximum absolute atomic E-state index is 12.9. The van der Waals surface area contributed by atoms with Crippen molar-refractivity contribution in [3.63, 3.8) is 0 Å². The van der Waals surface area contributed by atoms with Crippen molar-refractivity contribution in [3.05, 3.63) is 64.0 Å². The monoisotopic (exact) mass is 379 g/mol. The summed E-state index contributed by atoms with van der Waals surface area (Å²) < 4.78 is 14.2. The summed E-state index contributed by atoms with van der Waals surface area (Å²) in [6.45, 7) is 5.00. The van der Waals surface area contributed by atoms with Gasteiger partial charge in [-0.2, -0.15) is 0 Å². The van der Waals surface area contributed by atoms with Crippen LogP contribution in [0.5, 0.6) is 0 Å². The van der Waals surface area contributed by atoms with Crippen LogP contribution in [0.2, 0.25) is 0 Å². The molecule has 0 spiro atoms. The van der Waals surface area contributed by atoms with E-state index in [1.165, 1.54) is 10.9 Å². The lowest BCUT2D eigenvalue weighted by molar-refractivity contribution is 0.0969. The number of benzene rings is 1. The van der Waals surface area contributed by atoms with Crippen LogP contribution in [-0.4, -0.2) is 33.6 Å². The van der Waals surface area contributed by atoms with Crippen molar-refractivity contribution in [2.45, 2.75) is 26.9 Å². The number of Topliss-reactive ketones (excluding diaryl/α,β-unsaturated/α-hetero) is 1. The second kappa shape index (κ2) is 7.09. The average molecular weight is 379 g/mol. The molecule has 3 aromatic heterocycles. The number of hydrogen-bond donors (Lipinski definition) is 0. The van der Waals surface area contributed by atoms with E-state index in [0.29, 0.717) is 29.8 Å². The molecule has 0 N–H and O–H groups in total. The zero-order valence-electron chi connectivity index (χ0n) is 16.1. The molecule has 4 aromatic rings. The minimum Gasteiger partial charge on any atom is -0.448 e. The van der Waals surface area contributed by atoms with Crippen molar-refractivity contribution >= 4 is 27.9 Å². The highest BCUT2D eigenvalue weighted by molar-refractivity contribution is 6.02. The first-order valence-corrected chi connectivity index (χ1v) is 9.06. The molecule has 0 aliphatic heterocycles. The second-order valence-electron chi connectivity index (χ2n) is 6.81. The van der Waals surface area contributed by atoms with E-state index in [1.807, 2.05) is 42.7 Å². The number of furan rings is 1. The number of carbonyl (C=O) groups excluding carboxylic acids is 1. The maximum atomic E-state index is 12.9. The summed E-state index contributed by atoms with van der Waals surface area (Å²) >= 11 is 0. The van der Waals surface area contributed by atoms with Gasteiger partial charge in [-0.05, 0) is 32.0 Å². The Morgan fingerprint density at radius 1 is 1.25 bits per heavy atom. The fraction of sp³-hybridized carbons (Fsp3) is 0.286. The van der Waals surface area contributed by atoms with Gasteiger partial charge in [-0.3, -0.25) is 14.2 Å². The van der Waals surface area contributed by atoms with Gasteiger partial charge in [0.15, 0.2) is 5.78 Å². The molecule has 0 unspecified atom stereocenters. The van der Waals surface area contributed by atoms with Crippen LogP contribution in [0.15, 0.2) is 45.9 Å². The fourth-order valence-corrected chi connectivity index (χ4v) is 3.58. The molecule has 1 aromatic carbocycles.